The fourth-order valence-electron chi connectivity index (χ4n) is 2.62. The highest BCUT2D eigenvalue weighted by Gasteiger charge is 2.29. The molecule has 1 atom stereocenters. The molecule has 2 rings (SSSR count). The second-order valence-electron chi connectivity index (χ2n) is 5.35. The van der Waals surface area contributed by atoms with Gasteiger partial charge in [0.25, 0.3) is 0 Å². The van der Waals surface area contributed by atoms with Crippen LogP contribution in [0.3, 0.4) is 0 Å². The van der Waals surface area contributed by atoms with Crippen LogP contribution < -0.4 is 10.2 Å². The molecule has 0 heterocycles. The van der Waals surface area contributed by atoms with Gasteiger partial charge < -0.3 is 15.3 Å². The predicted octanol–water partition coefficient (Wildman–Crippen LogP) is 3.11. The quantitative estimate of drug-likeness (QED) is 0.755. The number of anilines is 2. The molecule has 0 amide bonds. The Labute approximate surface area is 116 Å². The fourth-order valence-corrected chi connectivity index (χ4v) is 2.62. The van der Waals surface area contributed by atoms with Crippen molar-refractivity contribution in [3.8, 4) is 0 Å². The molecule has 1 aliphatic rings. The van der Waals surface area contributed by atoms with Crippen LogP contribution in [-0.2, 0) is 0 Å². The molecule has 0 aliphatic heterocycles. The first-order valence-electron chi connectivity index (χ1n) is 7.50. The molecule has 1 saturated carbocycles. The molecule has 2 N–H and O–H groups in total. The van der Waals surface area contributed by atoms with E-state index in [1.165, 1.54) is 30.6 Å². The number of aliphatic hydroxyl groups excluding tert-OH is 1. The van der Waals surface area contributed by atoms with Gasteiger partial charge in [-0.1, -0.05) is 6.92 Å². The van der Waals surface area contributed by atoms with Crippen molar-refractivity contribution in [3.05, 3.63) is 24.3 Å². The lowest BCUT2D eigenvalue weighted by atomic mass is 10.1. The van der Waals surface area contributed by atoms with E-state index in [1.807, 2.05) is 0 Å². The minimum Gasteiger partial charge on any atom is -0.395 e. The van der Waals surface area contributed by atoms with Crippen LogP contribution >= 0.6 is 0 Å². The van der Waals surface area contributed by atoms with Gasteiger partial charge in [0.1, 0.15) is 0 Å². The summed E-state index contributed by atoms with van der Waals surface area (Å²) in [6.07, 6.45) is 3.95. The van der Waals surface area contributed by atoms with Gasteiger partial charge in [-0.3, -0.25) is 0 Å². The third-order valence-electron chi connectivity index (χ3n) is 3.97. The van der Waals surface area contributed by atoms with Crippen molar-refractivity contribution < 1.29 is 5.11 Å². The maximum atomic E-state index is 9.05. The lowest BCUT2D eigenvalue weighted by Gasteiger charge is -2.23. The number of rotatable bonds is 8. The van der Waals surface area contributed by atoms with Crippen LogP contribution in [0, 0.1) is 5.92 Å². The zero-order valence-electron chi connectivity index (χ0n) is 12.1. The molecular weight excluding hydrogens is 236 g/mol. The monoisotopic (exact) mass is 262 g/mol. The summed E-state index contributed by atoms with van der Waals surface area (Å²) >= 11 is 0. The average molecular weight is 262 g/mol. The number of likely N-dealkylation sites (N-methyl/N-ethyl adjacent to an activating group) is 1. The molecule has 1 aromatic carbocycles. The fraction of sp³-hybridized carbons (Fsp3) is 0.625. The van der Waals surface area contributed by atoms with Crippen LogP contribution in [-0.4, -0.2) is 30.8 Å². The molecular formula is C16H26N2O. The first-order valence-corrected chi connectivity index (χ1v) is 7.50. The zero-order valence-corrected chi connectivity index (χ0v) is 12.1. The highest BCUT2D eigenvalue weighted by atomic mass is 16.3. The van der Waals surface area contributed by atoms with Crippen molar-refractivity contribution in [2.75, 3.05) is 29.9 Å². The summed E-state index contributed by atoms with van der Waals surface area (Å²) in [5.74, 6) is 0.881. The normalized spacial score (nSPS) is 16.2. The SMILES string of the molecule is CCC(Nc1ccc(N(CC)CCO)cc1)C1CC1. The first-order chi connectivity index (χ1) is 9.28. The van der Waals surface area contributed by atoms with E-state index in [2.05, 4.69) is 48.3 Å². The summed E-state index contributed by atoms with van der Waals surface area (Å²) in [6.45, 7) is 6.19. The van der Waals surface area contributed by atoms with Crippen molar-refractivity contribution in [3.63, 3.8) is 0 Å². The van der Waals surface area contributed by atoms with Crippen LogP contribution in [0.15, 0.2) is 24.3 Å². The third kappa shape index (κ3) is 3.87. The van der Waals surface area contributed by atoms with E-state index in [4.69, 9.17) is 5.11 Å². The lowest BCUT2D eigenvalue weighted by molar-refractivity contribution is 0.302. The molecule has 0 aromatic heterocycles. The number of hydrogen-bond donors (Lipinski definition) is 2. The van der Waals surface area contributed by atoms with Crippen molar-refractivity contribution >= 4 is 11.4 Å². The molecule has 0 spiro atoms. The third-order valence-corrected chi connectivity index (χ3v) is 3.97. The van der Waals surface area contributed by atoms with Crippen LogP contribution in [0.4, 0.5) is 11.4 Å². The minimum atomic E-state index is 0.202. The Morgan fingerprint density at radius 1 is 1.26 bits per heavy atom. The van der Waals surface area contributed by atoms with Gasteiger partial charge in [-0.25, -0.2) is 0 Å². The van der Waals surface area contributed by atoms with Crippen molar-refractivity contribution in [2.24, 2.45) is 5.92 Å². The summed E-state index contributed by atoms with van der Waals surface area (Å²) < 4.78 is 0. The van der Waals surface area contributed by atoms with Gasteiger partial charge in [0.2, 0.25) is 0 Å². The number of hydrogen-bond acceptors (Lipinski definition) is 3. The average Bonchev–Trinajstić information content (AvgIpc) is 3.27. The molecule has 19 heavy (non-hydrogen) atoms. The van der Waals surface area contributed by atoms with Gasteiger partial charge in [0.15, 0.2) is 0 Å². The Balaban J connectivity index is 1.96. The summed E-state index contributed by atoms with van der Waals surface area (Å²) in [4.78, 5) is 2.18. The van der Waals surface area contributed by atoms with E-state index >= 15 is 0 Å². The molecule has 106 valence electrons. The Bertz CT molecular complexity index is 373. The standard InChI is InChI=1S/C16H26N2O/c1-3-16(13-5-6-13)17-14-7-9-15(10-8-14)18(4-2)11-12-19/h7-10,13,16-17,19H,3-6,11-12H2,1-2H3. The van der Waals surface area contributed by atoms with E-state index in [1.54, 1.807) is 0 Å². The molecule has 1 fully saturated rings. The van der Waals surface area contributed by atoms with Crippen molar-refractivity contribution in [2.45, 2.75) is 39.2 Å². The topological polar surface area (TPSA) is 35.5 Å². The molecule has 3 nitrogen and oxygen atoms in total. The van der Waals surface area contributed by atoms with Crippen molar-refractivity contribution in [1.29, 1.82) is 0 Å². The van der Waals surface area contributed by atoms with Crippen LogP contribution in [0.1, 0.15) is 33.1 Å². The molecule has 1 aliphatic carbocycles. The highest BCUT2D eigenvalue weighted by Crippen LogP contribution is 2.35. The Hall–Kier alpha value is -1.22. The molecule has 0 bridgehead atoms. The molecule has 1 aromatic rings. The van der Waals surface area contributed by atoms with Gasteiger partial charge in [0.05, 0.1) is 6.61 Å². The highest BCUT2D eigenvalue weighted by molar-refractivity contribution is 5.55. The Kier molecular flexibility index (Phi) is 5.08. The van der Waals surface area contributed by atoms with E-state index in [0.29, 0.717) is 12.6 Å². The summed E-state index contributed by atoms with van der Waals surface area (Å²) in [5.41, 5.74) is 2.39. The minimum absolute atomic E-state index is 0.202. The van der Waals surface area contributed by atoms with E-state index in [9.17, 15) is 0 Å². The van der Waals surface area contributed by atoms with Crippen LogP contribution in [0.2, 0.25) is 0 Å². The zero-order chi connectivity index (χ0) is 13.7. The van der Waals surface area contributed by atoms with Crippen LogP contribution in [0.5, 0.6) is 0 Å². The lowest BCUT2D eigenvalue weighted by Crippen LogP contribution is -2.26. The second kappa shape index (κ2) is 6.80. The summed E-state index contributed by atoms with van der Waals surface area (Å²) in [5, 5.41) is 12.7. The van der Waals surface area contributed by atoms with E-state index in [0.717, 1.165) is 12.5 Å². The number of nitrogens with zero attached hydrogens (tertiary/aromatic N) is 1. The van der Waals surface area contributed by atoms with Crippen molar-refractivity contribution in [1.82, 2.24) is 0 Å². The largest absolute Gasteiger partial charge is 0.395 e. The molecule has 0 saturated heterocycles. The summed E-state index contributed by atoms with van der Waals surface area (Å²) in [6, 6.07) is 9.22. The number of aliphatic hydroxyl groups is 1. The molecule has 0 radical (unpaired) electrons. The van der Waals surface area contributed by atoms with E-state index < -0.39 is 0 Å². The van der Waals surface area contributed by atoms with E-state index in [-0.39, 0.29) is 6.61 Å². The predicted molar refractivity (Wildman–Crippen MR) is 81.8 cm³/mol. The Morgan fingerprint density at radius 3 is 2.42 bits per heavy atom. The maximum absolute atomic E-state index is 9.05. The van der Waals surface area contributed by atoms with Gasteiger partial charge in [-0.05, 0) is 56.4 Å². The number of nitrogens with one attached hydrogen (secondary N) is 1. The van der Waals surface area contributed by atoms with Gasteiger partial charge in [-0.15, -0.1) is 0 Å². The second-order valence-corrected chi connectivity index (χ2v) is 5.35. The molecule has 3 heteroatoms. The maximum Gasteiger partial charge on any atom is 0.0606 e. The van der Waals surface area contributed by atoms with Gasteiger partial charge >= 0.3 is 0 Å². The first kappa shape index (κ1) is 14.2. The number of benzene rings is 1. The summed E-state index contributed by atoms with van der Waals surface area (Å²) in [7, 11) is 0. The Morgan fingerprint density at radius 2 is 1.95 bits per heavy atom. The molecule has 1 unspecified atom stereocenters. The van der Waals surface area contributed by atoms with Gasteiger partial charge in [-0.2, -0.15) is 0 Å². The van der Waals surface area contributed by atoms with Gasteiger partial charge in [0, 0.05) is 30.5 Å². The van der Waals surface area contributed by atoms with Crippen LogP contribution in [0.25, 0.3) is 0 Å². The smallest absolute Gasteiger partial charge is 0.0606 e.